The molecule has 0 rings (SSSR count). The van der Waals surface area contributed by atoms with Gasteiger partial charge in [-0.2, -0.15) is 0 Å². The van der Waals surface area contributed by atoms with Gasteiger partial charge in [-0.05, 0) is 0 Å². The van der Waals surface area contributed by atoms with Crippen LogP contribution in [0.2, 0.25) is 0 Å². The van der Waals surface area contributed by atoms with Crippen molar-refractivity contribution < 1.29 is 158 Å². The van der Waals surface area contributed by atoms with E-state index >= 15 is 0 Å². The first-order valence-corrected chi connectivity index (χ1v) is 37.8. The van der Waals surface area contributed by atoms with Crippen LogP contribution >= 0.6 is 29.1 Å². The molecule has 0 aliphatic heterocycles. The summed E-state index contributed by atoms with van der Waals surface area (Å²) in [6.45, 7) is 16.3. The molecule has 12 nitrogen and oxygen atoms in total. The van der Waals surface area contributed by atoms with E-state index in [2.05, 4.69) is 27.7 Å². The minimum Gasteiger partial charge on any atom is 2.00 e. The van der Waals surface area contributed by atoms with Gasteiger partial charge in [0, 0.05) is 0 Å². The van der Waals surface area contributed by atoms with E-state index < -0.39 is 29.1 Å². The van der Waals surface area contributed by atoms with Crippen LogP contribution in [0, 0.1) is 0 Å². The summed E-state index contributed by atoms with van der Waals surface area (Å²) < 4.78 is 0. The summed E-state index contributed by atoms with van der Waals surface area (Å²) in [6.07, 6.45) is 33.2. The molecule has 0 aromatic rings. The molecular weight excluding hydrogens is 1290 g/mol. The third-order valence-corrected chi connectivity index (χ3v) is 22.0. The average molecular weight is 1410 g/mol. The second kappa shape index (κ2) is 57.6. The smallest absolute Gasteiger partial charge is 2.00 e. The van der Waals surface area contributed by atoms with Crippen LogP contribution in [0.1, 0.15) is 287 Å². The first-order chi connectivity index (χ1) is 31.6. The fourth-order valence-corrected chi connectivity index (χ4v) is 15.7. The number of rotatable bonds is 44. The summed E-state index contributed by atoms with van der Waals surface area (Å²) in [4.78, 5) is 139. The third kappa shape index (κ3) is 82.7. The van der Waals surface area contributed by atoms with Crippen LogP contribution in [0.5, 0.6) is 0 Å². The maximum atomic E-state index is 11.6. The van der Waals surface area contributed by atoms with Crippen molar-refractivity contribution >= 4 is 29.1 Å². The zero-order valence-corrected chi connectivity index (χ0v) is 57.2. The van der Waals surface area contributed by atoms with Crippen molar-refractivity contribution in [3.63, 3.8) is 0 Å². The van der Waals surface area contributed by atoms with E-state index in [0.29, 0.717) is 51.4 Å². The van der Waals surface area contributed by atoms with E-state index in [9.17, 15) is 58.7 Å². The Morgan fingerprint density at radius 3 is 0.365 bits per heavy atom. The molecule has 0 amide bonds. The summed E-state index contributed by atoms with van der Waals surface area (Å²) in [5.41, 5.74) is 0. The predicted molar refractivity (Wildman–Crippen MR) is 278 cm³/mol. The quantitative estimate of drug-likeness (QED) is 0.0323. The molecule has 0 heterocycles. The second-order valence-corrected chi connectivity index (χ2v) is 33.9. The van der Waals surface area contributed by atoms with Crippen LogP contribution in [0.3, 0.4) is 0 Å². The van der Waals surface area contributed by atoms with Gasteiger partial charge in [-0.15, -0.1) is 0 Å². The second-order valence-electron chi connectivity index (χ2n) is 20.6. The summed E-state index contributed by atoms with van der Waals surface area (Å²) in [5, 5.41) is 0. The molecule has 0 aromatic heterocycles. The molecule has 0 aliphatic carbocycles. The molecule has 0 bridgehead atoms. The molecule has 0 N–H and O–H groups in total. The summed E-state index contributed by atoms with van der Waals surface area (Å²) in [6, 6.07) is 0. The van der Waals surface area contributed by atoms with Gasteiger partial charge in [0.2, 0.25) is 0 Å². The van der Waals surface area contributed by atoms with Gasteiger partial charge in [0.15, 0.2) is 0 Å². The van der Waals surface area contributed by atoms with Crippen molar-refractivity contribution in [1.82, 2.24) is 0 Å². The van der Waals surface area contributed by atoms with Gasteiger partial charge in [-0.1, -0.05) is 0 Å². The fourth-order valence-electron chi connectivity index (χ4n) is 7.80. The van der Waals surface area contributed by atoms with E-state index in [1.165, 1.54) is 77.0 Å². The molecule has 0 atom stereocenters. The van der Waals surface area contributed by atoms with Crippen molar-refractivity contribution in [2.75, 3.05) is 49.3 Å². The standard InChI is InChI=1S/4C13H28O3P.6Ni/c4*1-3-5-7-8-9-10-11-13-17(14,15,16)12-6-4-2;;;;;;/h4*3-13H2,1-2H3;;;;;;/q4*-3;6*+2. The minimum atomic E-state index is -5.01. The zero-order chi connectivity index (χ0) is 52.9. The molecule has 0 saturated heterocycles. The van der Waals surface area contributed by atoms with Crippen molar-refractivity contribution in [2.24, 2.45) is 0 Å². The van der Waals surface area contributed by atoms with Crippen LogP contribution in [0.25, 0.3) is 0 Å². The van der Waals surface area contributed by atoms with Gasteiger partial charge in [0.1, 0.15) is 0 Å². The number of hydrogen-bond acceptors (Lipinski definition) is 12. The van der Waals surface area contributed by atoms with Crippen LogP contribution < -0.4 is 58.7 Å². The Labute approximate surface area is 518 Å². The van der Waals surface area contributed by atoms with Gasteiger partial charge in [0.05, 0.1) is 0 Å². The first-order valence-electron chi connectivity index (χ1n) is 28.4. The maximum Gasteiger partial charge on any atom is 2.00 e. The SMILES string of the molecule is CCCCCCCCCP([O-])([O-])([O-])CCCC.CCCCCCCCCP([O-])([O-])([O-])CCCC.CCCCCCCCCP([O-])([O-])([O-])CCCC.CCCCCCCCCP([O-])([O-])([O-])CCCC.[Ni+2].[Ni+2].[Ni+2].[Ni+2].[Ni+2].[Ni+2]. The Hall–Kier alpha value is 4.20. The zero-order valence-electron chi connectivity index (χ0n) is 47.7. The van der Waals surface area contributed by atoms with Crippen molar-refractivity contribution in [2.45, 2.75) is 287 Å². The molecule has 0 radical (unpaired) electrons. The average Bonchev–Trinajstić information content (AvgIpc) is 3.25. The largest absolute Gasteiger partial charge is 2.00 e. The molecule has 0 saturated carbocycles. The van der Waals surface area contributed by atoms with Gasteiger partial charge in [0.25, 0.3) is 0 Å². The van der Waals surface area contributed by atoms with Gasteiger partial charge in [-0.25, -0.2) is 0 Å². The molecular formula is C52H112Ni6O12P4. The molecule has 472 valence electrons. The van der Waals surface area contributed by atoms with Gasteiger partial charge in [-0.3, -0.25) is 0 Å². The first kappa shape index (κ1) is 100. The van der Waals surface area contributed by atoms with Crippen LogP contribution in [-0.2, 0) is 98.9 Å². The van der Waals surface area contributed by atoms with Crippen molar-refractivity contribution in [3.05, 3.63) is 0 Å². The van der Waals surface area contributed by atoms with E-state index in [1.807, 2.05) is 27.7 Å². The Balaban J connectivity index is -0.0000000898. The van der Waals surface area contributed by atoms with E-state index in [0.717, 1.165) is 103 Å². The van der Waals surface area contributed by atoms with E-state index in [1.54, 1.807) is 0 Å². The van der Waals surface area contributed by atoms with Gasteiger partial charge < -0.3 is 0 Å². The van der Waals surface area contributed by atoms with Crippen molar-refractivity contribution in [3.8, 4) is 0 Å². The molecule has 74 heavy (non-hydrogen) atoms. The molecule has 0 aromatic carbocycles. The number of hydrogen-bond donors (Lipinski definition) is 0. The minimum absolute atomic E-state index is 0. The van der Waals surface area contributed by atoms with E-state index in [4.69, 9.17) is 0 Å². The molecule has 0 unspecified atom stereocenters. The molecule has 0 aliphatic rings. The monoisotopic (exact) mass is 1400 g/mol. The Morgan fingerprint density at radius 2 is 0.243 bits per heavy atom. The fraction of sp³-hybridized carbons (Fsp3) is 1.00. The summed E-state index contributed by atoms with van der Waals surface area (Å²) in [7, 11) is -20.1. The summed E-state index contributed by atoms with van der Waals surface area (Å²) in [5.74, 6) is 0. The Bertz CT molecular complexity index is 945. The molecule has 0 fully saturated rings. The van der Waals surface area contributed by atoms with Gasteiger partial charge >= 0.3 is 523 Å². The Kier molecular flexibility index (Phi) is 78.0. The topological polar surface area (TPSA) is 277 Å². The Morgan fingerprint density at radius 1 is 0.149 bits per heavy atom. The molecule has 0 spiro atoms. The number of unbranched alkanes of at least 4 members (excludes halogenated alkanes) is 28. The van der Waals surface area contributed by atoms with Crippen LogP contribution in [0.4, 0.5) is 0 Å². The van der Waals surface area contributed by atoms with Crippen LogP contribution in [-0.4, -0.2) is 49.3 Å². The molecule has 22 heteroatoms. The van der Waals surface area contributed by atoms with E-state index in [-0.39, 0.29) is 148 Å². The predicted octanol–water partition coefficient (Wildman–Crippen LogP) is 7.65. The normalized spacial score (nSPS) is 13.4. The van der Waals surface area contributed by atoms with Crippen LogP contribution in [0.15, 0.2) is 0 Å². The third-order valence-electron chi connectivity index (χ3n) is 12.5. The van der Waals surface area contributed by atoms with Crippen molar-refractivity contribution in [1.29, 1.82) is 0 Å². The summed E-state index contributed by atoms with van der Waals surface area (Å²) >= 11 is 0. The maximum absolute atomic E-state index is 11.6.